The van der Waals surface area contributed by atoms with E-state index in [0.29, 0.717) is 12.2 Å². The molecule has 0 aliphatic heterocycles. The normalized spacial score (nSPS) is 11.5. The molecule has 2 rings (SSSR count). The van der Waals surface area contributed by atoms with E-state index in [4.69, 9.17) is 10.9 Å². The van der Waals surface area contributed by atoms with Gasteiger partial charge in [-0.05, 0) is 6.07 Å². The van der Waals surface area contributed by atoms with Crippen molar-refractivity contribution in [3.63, 3.8) is 0 Å². The Bertz CT molecular complexity index is 562. The molecule has 0 aromatic carbocycles. The van der Waals surface area contributed by atoms with Crippen molar-refractivity contribution in [2.75, 3.05) is 5.32 Å². The van der Waals surface area contributed by atoms with Gasteiger partial charge in [-0.3, -0.25) is 9.67 Å². The average Bonchev–Trinajstić information content (AvgIpc) is 2.81. The van der Waals surface area contributed by atoms with Crippen molar-refractivity contribution in [2.45, 2.75) is 6.54 Å². The topological polar surface area (TPSA) is 101 Å². The highest BCUT2D eigenvalue weighted by molar-refractivity contribution is 5.96. The lowest BCUT2D eigenvalue weighted by atomic mass is 10.2. The standard InChI is InChI=1S/C11H14N6O/c1-17-7-9(6-15-17)14-5-8-3-2-4-13-10(8)11(12)16-18/h2-4,6-7,14,18H,5H2,1H3,(H2,12,16). The summed E-state index contributed by atoms with van der Waals surface area (Å²) in [5.74, 6) is -0.00131. The molecule has 4 N–H and O–H groups in total. The zero-order chi connectivity index (χ0) is 13.0. The highest BCUT2D eigenvalue weighted by Crippen LogP contribution is 2.10. The number of nitrogens with one attached hydrogen (secondary N) is 1. The van der Waals surface area contributed by atoms with E-state index >= 15 is 0 Å². The summed E-state index contributed by atoms with van der Waals surface area (Å²) in [5.41, 5.74) is 7.77. The minimum absolute atomic E-state index is 0.00131. The van der Waals surface area contributed by atoms with Crippen LogP contribution in [0.15, 0.2) is 35.9 Å². The van der Waals surface area contributed by atoms with E-state index in [9.17, 15) is 0 Å². The Balaban J connectivity index is 2.14. The maximum Gasteiger partial charge on any atom is 0.189 e. The summed E-state index contributed by atoms with van der Waals surface area (Å²) < 4.78 is 1.70. The third-order valence-corrected chi connectivity index (χ3v) is 2.43. The van der Waals surface area contributed by atoms with E-state index < -0.39 is 0 Å². The first-order chi connectivity index (χ1) is 8.70. The van der Waals surface area contributed by atoms with E-state index in [1.54, 1.807) is 23.1 Å². The van der Waals surface area contributed by atoms with Crippen molar-refractivity contribution < 1.29 is 5.21 Å². The Morgan fingerprint density at radius 1 is 1.61 bits per heavy atom. The van der Waals surface area contributed by atoms with Gasteiger partial charge in [0.2, 0.25) is 0 Å². The largest absolute Gasteiger partial charge is 0.409 e. The quantitative estimate of drug-likeness (QED) is 0.316. The number of oxime groups is 1. The molecule has 0 aliphatic rings. The summed E-state index contributed by atoms with van der Waals surface area (Å²) in [4.78, 5) is 4.09. The first-order valence-corrected chi connectivity index (χ1v) is 5.35. The minimum atomic E-state index is -0.00131. The second-order valence-electron chi connectivity index (χ2n) is 3.75. The number of hydrogen-bond acceptors (Lipinski definition) is 5. The summed E-state index contributed by atoms with van der Waals surface area (Å²) >= 11 is 0. The molecular formula is C11H14N6O. The fourth-order valence-electron chi connectivity index (χ4n) is 1.57. The molecule has 94 valence electrons. The molecule has 0 spiro atoms. The van der Waals surface area contributed by atoms with Crippen LogP contribution in [0.25, 0.3) is 0 Å². The third kappa shape index (κ3) is 2.57. The van der Waals surface area contributed by atoms with Crippen LogP contribution in [0, 0.1) is 0 Å². The number of nitrogens with zero attached hydrogens (tertiary/aromatic N) is 4. The summed E-state index contributed by atoms with van der Waals surface area (Å²) in [5, 5.41) is 18.9. The molecule has 0 radical (unpaired) electrons. The molecule has 0 atom stereocenters. The van der Waals surface area contributed by atoms with Crippen molar-refractivity contribution in [2.24, 2.45) is 17.9 Å². The number of pyridine rings is 1. The molecule has 0 amide bonds. The molecule has 2 heterocycles. The van der Waals surface area contributed by atoms with Gasteiger partial charge in [0, 0.05) is 31.5 Å². The fourth-order valence-corrected chi connectivity index (χ4v) is 1.57. The number of hydrogen-bond donors (Lipinski definition) is 3. The van der Waals surface area contributed by atoms with Gasteiger partial charge in [-0.2, -0.15) is 5.10 Å². The maximum absolute atomic E-state index is 8.69. The summed E-state index contributed by atoms with van der Waals surface area (Å²) in [6.07, 6.45) is 5.18. The Morgan fingerprint density at radius 3 is 3.11 bits per heavy atom. The number of aromatic nitrogens is 3. The predicted octanol–water partition coefficient (Wildman–Crippen LogP) is 0.522. The Kier molecular flexibility index (Phi) is 3.42. The lowest BCUT2D eigenvalue weighted by Gasteiger charge is -2.07. The fraction of sp³-hybridized carbons (Fsp3) is 0.182. The molecule has 7 heteroatoms. The Labute approximate surface area is 104 Å². The molecule has 0 fully saturated rings. The van der Waals surface area contributed by atoms with Crippen LogP contribution in [-0.4, -0.2) is 25.8 Å². The van der Waals surface area contributed by atoms with Gasteiger partial charge in [-0.15, -0.1) is 0 Å². The van der Waals surface area contributed by atoms with Gasteiger partial charge in [-0.1, -0.05) is 11.2 Å². The smallest absolute Gasteiger partial charge is 0.189 e. The molecular weight excluding hydrogens is 232 g/mol. The number of rotatable bonds is 4. The molecule has 2 aromatic heterocycles. The van der Waals surface area contributed by atoms with Crippen LogP contribution in [-0.2, 0) is 13.6 Å². The molecule has 18 heavy (non-hydrogen) atoms. The number of aryl methyl sites for hydroxylation is 1. The van der Waals surface area contributed by atoms with E-state index in [1.807, 2.05) is 19.3 Å². The van der Waals surface area contributed by atoms with Crippen molar-refractivity contribution in [1.29, 1.82) is 0 Å². The van der Waals surface area contributed by atoms with E-state index in [1.165, 1.54) is 0 Å². The summed E-state index contributed by atoms with van der Waals surface area (Å²) in [6, 6.07) is 3.66. The first kappa shape index (κ1) is 11.9. The number of amidine groups is 1. The zero-order valence-corrected chi connectivity index (χ0v) is 9.91. The van der Waals surface area contributed by atoms with Crippen molar-refractivity contribution >= 4 is 11.5 Å². The predicted molar refractivity (Wildman–Crippen MR) is 67.3 cm³/mol. The maximum atomic E-state index is 8.69. The van der Waals surface area contributed by atoms with Crippen molar-refractivity contribution in [1.82, 2.24) is 14.8 Å². The van der Waals surface area contributed by atoms with Gasteiger partial charge in [0.15, 0.2) is 5.84 Å². The molecule has 2 aromatic rings. The second kappa shape index (κ2) is 5.17. The molecule has 0 saturated heterocycles. The lowest BCUT2D eigenvalue weighted by molar-refractivity contribution is 0.318. The van der Waals surface area contributed by atoms with Crippen LogP contribution in [0.4, 0.5) is 5.69 Å². The van der Waals surface area contributed by atoms with Gasteiger partial charge >= 0.3 is 0 Å². The first-order valence-electron chi connectivity index (χ1n) is 5.35. The van der Waals surface area contributed by atoms with E-state index in [-0.39, 0.29) is 5.84 Å². The van der Waals surface area contributed by atoms with Gasteiger partial charge in [0.1, 0.15) is 5.69 Å². The minimum Gasteiger partial charge on any atom is -0.409 e. The van der Waals surface area contributed by atoms with Gasteiger partial charge in [-0.25, -0.2) is 0 Å². The Morgan fingerprint density at radius 2 is 2.44 bits per heavy atom. The van der Waals surface area contributed by atoms with Crippen LogP contribution in [0.5, 0.6) is 0 Å². The molecule has 0 unspecified atom stereocenters. The second-order valence-corrected chi connectivity index (χ2v) is 3.75. The molecule has 0 bridgehead atoms. The number of anilines is 1. The summed E-state index contributed by atoms with van der Waals surface area (Å²) in [6.45, 7) is 0.519. The van der Waals surface area contributed by atoms with Crippen LogP contribution in [0.2, 0.25) is 0 Å². The molecule has 7 nitrogen and oxygen atoms in total. The number of nitrogens with two attached hydrogens (primary N) is 1. The zero-order valence-electron chi connectivity index (χ0n) is 9.91. The van der Waals surface area contributed by atoms with Gasteiger partial charge in [0.25, 0.3) is 0 Å². The van der Waals surface area contributed by atoms with Crippen LogP contribution in [0.1, 0.15) is 11.3 Å². The van der Waals surface area contributed by atoms with E-state index in [2.05, 4.69) is 20.6 Å². The highest BCUT2D eigenvalue weighted by Gasteiger charge is 2.08. The van der Waals surface area contributed by atoms with Gasteiger partial charge < -0.3 is 16.3 Å². The molecule has 0 aliphatic carbocycles. The summed E-state index contributed by atoms with van der Waals surface area (Å²) in [7, 11) is 1.84. The SMILES string of the molecule is Cn1cc(NCc2cccnc2C(N)=NO)cn1. The van der Waals surface area contributed by atoms with Crippen LogP contribution >= 0.6 is 0 Å². The lowest BCUT2D eigenvalue weighted by Crippen LogP contribution is -2.18. The monoisotopic (exact) mass is 246 g/mol. The van der Waals surface area contributed by atoms with Crippen LogP contribution < -0.4 is 11.1 Å². The van der Waals surface area contributed by atoms with Crippen LogP contribution in [0.3, 0.4) is 0 Å². The third-order valence-electron chi connectivity index (χ3n) is 2.43. The molecule has 0 saturated carbocycles. The van der Waals surface area contributed by atoms with Crippen molar-refractivity contribution in [3.05, 3.63) is 42.0 Å². The van der Waals surface area contributed by atoms with Crippen molar-refractivity contribution in [3.8, 4) is 0 Å². The Hall–Kier alpha value is -2.57. The van der Waals surface area contributed by atoms with E-state index in [0.717, 1.165) is 11.3 Å². The average molecular weight is 246 g/mol. The highest BCUT2D eigenvalue weighted by atomic mass is 16.4. The van der Waals surface area contributed by atoms with Gasteiger partial charge in [0.05, 0.1) is 11.9 Å².